The molecule has 2 rings (SSSR count). The van der Waals surface area contributed by atoms with E-state index in [-0.39, 0.29) is 0 Å². The molecule has 0 spiro atoms. The lowest BCUT2D eigenvalue weighted by molar-refractivity contribution is -0.105. The minimum atomic E-state index is -0.515. The van der Waals surface area contributed by atoms with Gasteiger partial charge in [-0.2, -0.15) is 0 Å². The molecule has 0 saturated carbocycles. The quantitative estimate of drug-likeness (QED) is 0.480. The summed E-state index contributed by atoms with van der Waals surface area (Å²) in [4.78, 5) is 24.8. The number of anilines is 1. The predicted octanol–water partition coefficient (Wildman–Crippen LogP) is 0.927. The summed E-state index contributed by atoms with van der Waals surface area (Å²) in [5.74, 6) is -0.515. The van der Waals surface area contributed by atoms with Gasteiger partial charge >= 0.3 is 0 Å². The van der Waals surface area contributed by atoms with E-state index in [1.165, 1.54) is 11.3 Å². The van der Waals surface area contributed by atoms with E-state index >= 15 is 0 Å². The Morgan fingerprint density at radius 3 is 2.94 bits per heavy atom. The molecule has 1 aliphatic heterocycles. The summed E-state index contributed by atoms with van der Waals surface area (Å²) in [6.07, 6.45) is 0.548. The molecule has 5 nitrogen and oxygen atoms in total. The number of primary amides is 1. The lowest BCUT2D eigenvalue weighted by Gasteiger charge is -2.10. The van der Waals surface area contributed by atoms with Crippen molar-refractivity contribution >= 4 is 40.3 Å². The number of rotatable bonds is 4. The Bertz CT molecular complexity index is 446. The van der Waals surface area contributed by atoms with Crippen molar-refractivity contribution in [1.29, 1.82) is 0 Å². The Kier molecular flexibility index (Phi) is 3.13. The first kappa shape index (κ1) is 11.4. The van der Waals surface area contributed by atoms with Gasteiger partial charge in [-0.25, -0.2) is 0 Å². The number of nitrogens with zero attached hydrogens (tertiary/aromatic N) is 1. The van der Waals surface area contributed by atoms with Crippen molar-refractivity contribution in [2.75, 3.05) is 11.3 Å². The Balaban J connectivity index is 2.40. The zero-order valence-corrected chi connectivity index (χ0v) is 9.90. The normalized spacial score (nSPS) is 14.8. The van der Waals surface area contributed by atoms with Crippen LogP contribution in [0.3, 0.4) is 0 Å². The van der Waals surface area contributed by atoms with Crippen LogP contribution >= 0.6 is 22.9 Å². The van der Waals surface area contributed by atoms with Crippen molar-refractivity contribution in [1.82, 2.24) is 4.90 Å². The molecule has 1 aromatic rings. The highest BCUT2D eigenvalue weighted by atomic mass is 35.5. The number of fused-ring (bicyclic) bond motifs is 1. The van der Waals surface area contributed by atoms with Crippen LogP contribution in [0.2, 0.25) is 0 Å². The van der Waals surface area contributed by atoms with Crippen LogP contribution < -0.4 is 11.1 Å². The maximum Gasteiger partial charge on any atom is 0.252 e. The van der Waals surface area contributed by atoms with Crippen LogP contribution in [0.15, 0.2) is 0 Å². The highest BCUT2D eigenvalue weighted by molar-refractivity contribution is 7.17. The van der Waals surface area contributed by atoms with Crippen molar-refractivity contribution in [2.24, 2.45) is 5.73 Å². The topological polar surface area (TPSA) is 75.4 Å². The van der Waals surface area contributed by atoms with E-state index in [0.29, 0.717) is 36.1 Å². The van der Waals surface area contributed by atoms with Crippen LogP contribution in [0.1, 0.15) is 20.8 Å². The van der Waals surface area contributed by atoms with Crippen LogP contribution in [-0.4, -0.2) is 23.2 Å². The van der Waals surface area contributed by atoms with Crippen LogP contribution in [-0.2, 0) is 17.9 Å². The third-order valence-corrected chi connectivity index (χ3v) is 3.93. The molecule has 0 unspecified atom stereocenters. The molecule has 0 aromatic carbocycles. The summed E-state index contributed by atoms with van der Waals surface area (Å²) in [6.45, 7) is 1.30. The third-order valence-electron chi connectivity index (χ3n) is 2.45. The second kappa shape index (κ2) is 4.40. The fourth-order valence-electron chi connectivity index (χ4n) is 1.79. The molecule has 0 radical (unpaired) electrons. The summed E-state index contributed by atoms with van der Waals surface area (Å²) < 4.78 is 0. The van der Waals surface area contributed by atoms with Gasteiger partial charge in [-0.3, -0.25) is 14.5 Å². The number of carbonyl (C=O) groups excluding carboxylic acids is 2. The van der Waals surface area contributed by atoms with E-state index in [1.54, 1.807) is 0 Å². The molecule has 2 amide bonds. The van der Waals surface area contributed by atoms with E-state index < -0.39 is 5.91 Å². The molecule has 7 heteroatoms. The SMILES string of the molecule is NC(=O)c1c(NC=O)sc2c1CN(CCl)C2. The molecule has 0 saturated heterocycles. The molecular weight excluding hydrogens is 250 g/mol. The maximum absolute atomic E-state index is 11.3. The van der Waals surface area contributed by atoms with Gasteiger partial charge in [-0.15, -0.1) is 22.9 Å². The summed E-state index contributed by atoms with van der Waals surface area (Å²) in [7, 11) is 0. The summed E-state index contributed by atoms with van der Waals surface area (Å²) >= 11 is 7.11. The van der Waals surface area contributed by atoms with E-state index in [9.17, 15) is 9.59 Å². The zero-order valence-electron chi connectivity index (χ0n) is 8.33. The first-order chi connectivity index (χ1) is 7.67. The second-order valence-corrected chi connectivity index (χ2v) is 4.79. The fourth-order valence-corrected chi connectivity index (χ4v) is 3.18. The van der Waals surface area contributed by atoms with Gasteiger partial charge in [0.05, 0.1) is 11.6 Å². The van der Waals surface area contributed by atoms with E-state index in [1.807, 2.05) is 4.90 Å². The molecule has 2 heterocycles. The Morgan fingerprint density at radius 2 is 2.38 bits per heavy atom. The Hall–Kier alpha value is -1.11. The fraction of sp³-hybridized carbons (Fsp3) is 0.333. The smallest absolute Gasteiger partial charge is 0.252 e. The molecule has 1 aromatic heterocycles. The average Bonchev–Trinajstić information content (AvgIpc) is 2.73. The van der Waals surface area contributed by atoms with Crippen molar-refractivity contribution in [3.05, 3.63) is 16.0 Å². The van der Waals surface area contributed by atoms with Gasteiger partial charge in [-0.05, 0) is 5.56 Å². The minimum Gasteiger partial charge on any atom is -0.365 e. The highest BCUT2D eigenvalue weighted by Gasteiger charge is 2.28. The van der Waals surface area contributed by atoms with Gasteiger partial charge in [0, 0.05) is 18.0 Å². The van der Waals surface area contributed by atoms with Gasteiger partial charge in [0.15, 0.2) is 0 Å². The van der Waals surface area contributed by atoms with Gasteiger partial charge in [0.25, 0.3) is 5.91 Å². The van der Waals surface area contributed by atoms with Crippen LogP contribution in [0.25, 0.3) is 0 Å². The van der Waals surface area contributed by atoms with E-state index in [2.05, 4.69) is 5.32 Å². The lowest BCUT2D eigenvalue weighted by Crippen LogP contribution is -2.17. The van der Waals surface area contributed by atoms with Gasteiger partial charge in [0.1, 0.15) is 5.00 Å². The number of alkyl halides is 1. The van der Waals surface area contributed by atoms with Crippen molar-refractivity contribution in [2.45, 2.75) is 13.1 Å². The maximum atomic E-state index is 11.3. The minimum absolute atomic E-state index is 0.413. The van der Waals surface area contributed by atoms with Crippen molar-refractivity contribution in [3.8, 4) is 0 Å². The van der Waals surface area contributed by atoms with E-state index in [0.717, 1.165) is 10.4 Å². The molecular formula is C9H10ClN3O2S. The lowest BCUT2D eigenvalue weighted by atomic mass is 10.1. The van der Waals surface area contributed by atoms with Crippen LogP contribution in [0, 0.1) is 0 Å². The van der Waals surface area contributed by atoms with Crippen molar-refractivity contribution in [3.63, 3.8) is 0 Å². The Morgan fingerprint density at radius 1 is 1.62 bits per heavy atom. The average molecular weight is 260 g/mol. The molecule has 3 N–H and O–H groups in total. The van der Waals surface area contributed by atoms with Crippen molar-refractivity contribution < 1.29 is 9.59 Å². The number of nitrogens with one attached hydrogen (secondary N) is 1. The predicted molar refractivity (Wildman–Crippen MR) is 62.5 cm³/mol. The number of hydrogen-bond donors (Lipinski definition) is 2. The number of carbonyl (C=O) groups is 2. The molecule has 86 valence electrons. The Labute approximate surface area is 101 Å². The summed E-state index contributed by atoms with van der Waals surface area (Å²) in [5, 5.41) is 3.03. The number of hydrogen-bond acceptors (Lipinski definition) is 4. The molecule has 16 heavy (non-hydrogen) atoms. The molecule has 0 fully saturated rings. The van der Waals surface area contributed by atoms with Crippen LogP contribution in [0.4, 0.5) is 5.00 Å². The molecule has 0 aliphatic carbocycles. The molecule has 1 aliphatic rings. The molecule has 0 atom stereocenters. The number of thiophene rings is 1. The van der Waals surface area contributed by atoms with Gasteiger partial charge < -0.3 is 11.1 Å². The summed E-state index contributed by atoms with van der Waals surface area (Å²) in [5.41, 5.74) is 6.62. The zero-order chi connectivity index (χ0) is 11.7. The number of halogens is 1. The monoisotopic (exact) mass is 259 g/mol. The summed E-state index contributed by atoms with van der Waals surface area (Å²) in [6, 6.07) is 0.413. The second-order valence-electron chi connectivity index (χ2n) is 3.44. The third kappa shape index (κ3) is 1.79. The van der Waals surface area contributed by atoms with Gasteiger partial charge in [-0.1, -0.05) is 0 Å². The first-order valence-corrected chi connectivity index (χ1v) is 5.95. The highest BCUT2D eigenvalue weighted by Crippen LogP contribution is 2.38. The number of nitrogens with two attached hydrogens (primary N) is 1. The molecule has 0 bridgehead atoms. The van der Waals surface area contributed by atoms with E-state index in [4.69, 9.17) is 17.3 Å². The van der Waals surface area contributed by atoms with Gasteiger partial charge in [0.2, 0.25) is 6.41 Å². The first-order valence-electron chi connectivity index (χ1n) is 4.60. The standard InChI is InChI=1S/C9H10ClN3O2S/c10-3-13-1-5-6(2-13)16-9(12-4-14)7(5)8(11)15/h4H,1-3H2,(H2,11,15)(H,12,14). The van der Waals surface area contributed by atoms with Crippen LogP contribution in [0.5, 0.6) is 0 Å². The largest absolute Gasteiger partial charge is 0.365 e. The number of amides is 2.